The van der Waals surface area contributed by atoms with E-state index in [-0.39, 0.29) is 11.8 Å². The summed E-state index contributed by atoms with van der Waals surface area (Å²) >= 11 is 0. The minimum absolute atomic E-state index is 0.102. The molecule has 5 rings (SSSR count). The average Bonchev–Trinajstić information content (AvgIpc) is 3.39. The van der Waals surface area contributed by atoms with Gasteiger partial charge in [0.25, 0.3) is 5.91 Å². The van der Waals surface area contributed by atoms with Gasteiger partial charge in [0.15, 0.2) is 5.82 Å². The Hall–Kier alpha value is -3.93. The summed E-state index contributed by atoms with van der Waals surface area (Å²) in [6.07, 6.45) is 3.35. The lowest BCUT2D eigenvalue weighted by Gasteiger charge is -2.12. The highest BCUT2D eigenvalue weighted by Crippen LogP contribution is 2.31. The van der Waals surface area contributed by atoms with Gasteiger partial charge < -0.3 is 9.88 Å². The maximum atomic E-state index is 13.3. The molecule has 6 nitrogen and oxygen atoms in total. The molecular weight excluding hydrogens is 398 g/mol. The van der Waals surface area contributed by atoms with E-state index < -0.39 is 0 Å². The number of pyridine rings is 1. The fraction of sp³-hybridized carbons (Fsp3) is 0.192. The fourth-order valence-corrected chi connectivity index (χ4v) is 4.42. The van der Waals surface area contributed by atoms with Crippen LogP contribution >= 0.6 is 0 Å². The standard InChI is InChI=1S/C26H25N5O/c1-4-30-22-10-6-5-9-19(22)20-15-18(12-13-23(20)30)29-26(32)21-16-28-31(25(21)17(2)3)24-11-7-8-14-27-24/h5-17H,4H2,1-3H3,(H,29,32). The van der Waals surface area contributed by atoms with Crippen LogP contribution in [0.25, 0.3) is 27.6 Å². The number of rotatable bonds is 5. The maximum absolute atomic E-state index is 13.3. The van der Waals surface area contributed by atoms with Gasteiger partial charge in [-0.25, -0.2) is 9.67 Å². The third-order valence-corrected chi connectivity index (χ3v) is 5.81. The average molecular weight is 424 g/mol. The second-order valence-corrected chi connectivity index (χ2v) is 8.15. The van der Waals surface area contributed by atoms with Crippen LogP contribution in [0.15, 0.2) is 73.1 Å². The highest BCUT2D eigenvalue weighted by Gasteiger charge is 2.22. The Balaban J connectivity index is 1.53. The van der Waals surface area contributed by atoms with Gasteiger partial charge in [-0.3, -0.25) is 4.79 Å². The van der Waals surface area contributed by atoms with E-state index in [0.29, 0.717) is 11.4 Å². The van der Waals surface area contributed by atoms with Crippen LogP contribution < -0.4 is 5.32 Å². The summed E-state index contributed by atoms with van der Waals surface area (Å²) in [6.45, 7) is 7.15. The number of nitrogens with zero attached hydrogens (tertiary/aromatic N) is 4. The summed E-state index contributed by atoms with van der Waals surface area (Å²) in [5.41, 5.74) is 4.53. The molecule has 1 N–H and O–H groups in total. The van der Waals surface area contributed by atoms with E-state index in [1.54, 1.807) is 17.1 Å². The van der Waals surface area contributed by atoms with Crippen molar-refractivity contribution < 1.29 is 4.79 Å². The molecule has 32 heavy (non-hydrogen) atoms. The molecule has 0 radical (unpaired) electrons. The minimum Gasteiger partial charge on any atom is -0.341 e. The zero-order chi connectivity index (χ0) is 22.2. The number of para-hydroxylation sites is 1. The molecule has 0 bridgehead atoms. The third-order valence-electron chi connectivity index (χ3n) is 5.81. The molecule has 1 amide bonds. The van der Waals surface area contributed by atoms with Gasteiger partial charge in [-0.1, -0.05) is 38.1 Å². The first-order chi connectivity index (χ1) is 15.6. The summed E-state index contributed by atoms with van der Waals surface area (Å²) in [5.74, 6) is 0.628. The van der Waals surface area contributed by atoms with E-state index in [2.05, 4.69) is 71.1 Å². The van der Waals surface area contributed by atoms with Crippen molar-refractivity contribution in [3.8, 4) is 5.82 Å². The Bertz CT molecular complexity index is 1430. The van der Waals surface area contributed by atoms with E-state index in [9.17, 15) is 4.79 Å². The first-order valence-electron chi connectivity index (χ1n) is 10.9. The van der Waals surface area contributed by atoms with Gasteiger partial charge in [-0.05, 0) is 49.2 Å². The maximum Gasteiger partial charge on any atom is 0.259 e. The van der Waals surface area contributed by atoms with Crippen LogP contribution in [0.2, 0.25) is 0 Å². The molecule has 0 saturated heterocycles. The number of aromatic nitrogens is 4. The zero-order valence-corrected chi connectivity index (χ0v) is 18.4. The van der Waals surface area contributed by atoms with Crippen molar-refractivity contribution in [1.29, 1.82) is 0 Å². The SMILES string of the molecule is CCn1c2ccccc2c2cc(NC(=O)c3cnn(-c4ccccn4)c3C(C)C)ccc21. The van der Waals surface area contributed by atoms with Crippen LogP contribution in [0, 0.1) is 0 Å². The highest BCUT2D eigenvalue weighted by molar-refractivity contribution is 6.11. The second kappa shape index (κ2) is 7.96. The van der Waals surface area contributed by atoms with Crippen molar-refractivity contribution in [1.82, 2.24) is 19.3 Å². The Morgan fingerprint density at radius 1 is 1.00 bits per heavy atom. The van der Waals surface area contributed by atoms with Crippen molar-refractivity contribution >= 4 is 33.4 Å². The largest absolute Gasteiger partial charge is 0.341 e. The molecule has 160 valence electrons. The Labute approximate surface area is 186 Å². The molecule has 0 aliphatic heterocycles. The molecule has 0 saturated carbocycles. The summed E-state index contributed by atoms with van der Waals surface area (Å²) in [5, 5.41) is 9.87. The lowest BCUT2D eigenvalue weighted by molar-refractivity contribution is 0.102. The first-order valence-corrected chi connectivity index (χ1v) is 10.9. The number of anilines is 1. The predicted molar refractivity (Wildman–Crippen MR) is 129 cm³/mol. The molecule has 3 aromatic heterocycles. The monoisotopic (exact) mass is 423 g/mol. The van der Waals surface area contributed by atoms with Gasteiger partial charge in [0.05, 0.1) is 17.5 Å². The smallest absolute Gasteiger partial charge is 0.259 e. The molecule has 2 aromatic carbocycles. The molecular formula is C26H25N5O. The van der Waals surface area contributed by atoms with E-state index in [4.69, 9.17) is 0 Å². The van der Waals surface area contributed by atoms with E-state index >= 15 is 0 Å². The number of carbonyl (C=O) groups is 1. The number of benzene rings is 2. The molecule has 3 heterocycles. The third kappa shape index (κ3) is 3.24. The van der Waals surface area contributed by atoms with Crippen LogP contribution in [0.4, 0.5) is 5.69 Å². The number of hydrogen-bond acceptors (Lipinski definition) is 3. The highest BCUT2D eigenvalue weighted by atomic mass is 16.1. The van der Waals surface area contributed by atoms with E-state index in [0.717, 1.165) is 28.8 Å². The molecule has 0 aliphatic rings. The van der Waals surface area contributed by atoms with Crippen LogP contribution in [0.5, 0.6) is 0 Å². The Morgan fingerprint density at radius 2 is 1.78 bits per heavy atom. The number of carbonyl (C=O) groups excluding carboxylic acids is 1. The van der Waals surface area contributed by atoms with Crippen molar-refractivity contribution in [3.05, 3.63) is 84.3 Å². The molecule has 0 unspecified atom stereocenters. The summed E-state index contributed by atoms with van der Waals surface area (Å²) in [4.78, 5) is 17.6. The van der Waals surface area contributed by atoms with Gasteiger partial charge in [-0.2, -0.15) is 5.10 Å². The quantitative estimate of drug-likeness (QED) is 0.390. The first kappa shape index (κ1) is 20.0. The molecule has 6 heteroatoms. The van der Waals surface area contributed by atoms with Crippen LogP contribution in [-0.2, 0) is 6.54 Å². The molecule has 0 atom stereocenters. The number of hydrogen-bond donors (Lipinski definition) is 1. The lowest BCUT2D eigenvalue weighted by Crippen LogP contribution is -2.15. The van der Waals surface area contributed by atoms with Crippen LogP contribution in [0.1, 0.15) is 42.7 Å². The van der Waals surface area contributed by atoms with Gasteiger partial charge in [0.1, 0.15) is 0 Å². The van der Waals surface area contributed by atoms with E-state index in [1.807, 2.05) is 30.3 Å². The Morgan fingerprint density at radius 3 is 2.53 bits per heavy atom. The second-order valence-electron chi connectivity index (χ2n) is 8.15. The van der Waals surface area contributed by atoms with Crippen molar-refractivity contribution in [3.63, 3.8) is 0 Å². The molecule has 0 fully saturated rings. The van der Waals surface area contributed by atoms with Crippen molar-refractivity contribution in [2.75, 3.05) is 5.32 Å². The van der Waals surface area contributed by atoms with Crippen molar-refractivity contribution in [2.45, 2.75) is 33.2 Å². The normalized spacial score (nSPS) is 11.5. The lowest BCUT2D eigenvalue weighted by atomic mass is 10.0. The number of fused-ring (bicyclic) bond motifs is 3. The van der Waals surface area contributed by atoms with Crippen molar-refractivity contribution in [2.24, 2.45) is 0 Å². The van der Waals surface area contributed by atoms with E-state index in [1.165, 1.54) is 10.9 Å². The Kier molecular flexibility index (Phi) is 4.98. The zero-order valence-electron chi connectivity index (χ0n) is 18.4. The summed E-state index contributed by atoms with van der Waals surface area (Å²) in [7, 11) is 0. The topological polar surface area (TPSA) is 64.7 Å². The van der Waals surface area contributed by atoms with Gasteiger partial charge in [-0.15, -0.1) is 0 Å². The van der Waals surface area contributed by atoms with Gasteiger partial charge in [0.2, 0.25) is 0 Å². The van der Waals surface area contributed by atoms with Gasteiger partial charge in [0, 0.05) is 40.2 Å². The molecule has 0 aliphatic carbocycles. The number of aryl methyl sites for hydroxylation is 1. The summed E-state index contributed by atoms with van der Waals surface area (Å²) < 4.78 is 4.04. The molecule has 0 spiro atoms. The fourth-order valence-electron chi connectivity index (χ4n) is 4.42. The molecule has 5 aromatic rings. The summed E-state index contributed by atoms with van der Waals surface area (Å²) in [6, 6.07) is 20.1. The number of amides is 1. The predicted octanol–water partition coefficient (Wildman–Crippen LogP) is 5.77. The minimum atomic E-state index is -0.172. The van der Waals surface area contributed by atoms with Crippen LogP contribution in [-0.4, -0.2) is 25.2 Å². The van der Waals surface area contributed by atoms with Gasteiger partial charge >= 0.3 is 0 Å². The number of nitrogens with one attached hydrogen (secondary N) is 1. The van der Waals surface area contributed by atoms with Crippen LogP contribution in [0.3, 0.4) is 0 Å².